The number of benzene rings is 2. The number of aromatic hydroxyl groups is 1. The number of aryl methyl sites for hydroxylation is 2. The summed E-state index contributed by atoms with van der Waals surface area (Å²) < 4.78 is 1.01. The van der Waals surface area contributed by atoms with Crippen LogP contribution in [0.5, 0.6) is 5.75 Å². The van der Waals surface area contributed by atoms with Crippen LogP contribution in [0.25, 0.3) is 0 Å². The zero-order valence-electron chi connectivity index (χ0n) is 11.0. The van der Waals surface area contributed by atoms with Crippen molar-refractivity contribution in [3.63, 3.8) is 0 Å². The number of hydrogen-bond acceptors (Lipinski definition) is 2. The summed E-state index contributed by atoms with van der Waals surface area (Å²) in [4.78, 5) is 12.2. The maximum absolute atomic E-state index is 12.2. The Morgan fingerprint density at radius 2 is 1.80 bits per heavy atom. The third kappa shape index (κ3) is 3.14. The number of amides is 1. The molecule has 2 aromatic rings. The molecule has 0 bridgehead atoms. The third-order valence-electron chi connectivity index (χ3n) is 2.90. The first-order valence-electron chi connectivity index (χ1n) is 5.95. The second-order valence-corrected chi connectivity index (χ2v) is 5.77. The van der Waals surface area contributed by atoms with Gasteiger partial charge < -0.3 is 10.4 Å². The molecule has 0 saturated carbocycles. The van der Waals surface area contributed by atoms with Crippen molar-refractivity contribution in [3.05, 3.63) is 56.5 Å². The van der Waals surface area contributed by atoms with Gasteiger partial charge in [0.25, 0.3) is 5.91 Å². The van der Waals surface area contributed by atoms with Gasteiger partial charge in [0, 0.05) is 15.2 Å². The Balaban J connectivity index is 2.30. The summed E-state index contributed by atoms with van der Waals surface area (Å²) in [5.74, 6) is -0.497. The Morgan fingerprint density at radius 1 is 1.20 bits per heavy atom. The van der Waals surface area contributed by atoms with Crippen LogP contribution in [0.1, 0.15) is 21.5 Å². The summed E-state index contributed by atoms with van der Waals surface area (Å²) in [6.07, 6.45) is 0. The van der Waals surface area contributed by atoms with Crippen LogP contribution < -0.4 is 5.32 Å². The second-order valence-electron chi connectivity index (χ2n) is 4.54. The molecule has 1 amide bonds. The minimum Gasteiger partial charge on any atom is -0.507 e. The lowest BCUT2D eigenvalue weighted by Gasteiger charge is -2.10. The van der Waals surface area contributed by atoms with Crippen molar-refractivity contribution in [2.75, 3.05) is 5.32 Å². The lowest BCUT2D eigenvalue weighted by Crippen LogP contribution is -2.12. The Kier molecular flexibility index (Phi) is 4.35. The smallest absolute Gasteiger partial charge is 0.259 e. The SMILES string of the molecule is Cc1cc(NC(=O)c2cc(Cl)ccc2O)cc(C)c1Br. The fraction of sp³-hybridized carbons (Fsp3) is 0.133. The molecule has 5 heteroatoms. The van der Waals surface area contributed by atoms with E-state index in [9.17, 15) is 9.90 Å². The van der Waals surface area contributed by atoms with E-state index in [1.54, 1.807) is 0 Å². The minimum atomic E-state index is -0.397. The molecule has 2 aromatic carbocycles. The van der Waals surface area contributed by atoms with E-state index in [2.05, 4.69) is 21.2 Å². The van der Waals surface area contributed by atoms with Crippen molar-refractivity contribution in [1.29, 1.82) is 0 Å². The van der Waals surface area contributed by atoms with Crippen molar-refractivity contribution >= 4 is 39.1 Å². The molecule has 0 heterocycles. The van der Waals surface area contributed by atoms with E-state index < -0.39 is 5.91 Å². The average molecular weight is 355 g/mol. The minimum absolute atomic E-state index is 0.0996. The highest BCUT2D eigenvalue weighted by Crippen LogP contribution is 2.27. The highest BCUT2D eigenvalue weighted by atomic mass is 79.9. The molecule has 0 saturated heterocycles. The fourth-order valence-electron chi connectivity index (χ4n) is 1.91. The fourth-order valence-corrected chi connectivity index (χ4v) is 2.31. The molecule has 0 aliphatic rings. The highest BCUT2D eigenvalue weighted by Gasteiger charge is 2.13. The molecule has 0 aliphatic carbocycles. The maximum atomic E-state index is 12.2. The van der Waals surface area contributed by atoms with Crippen molar-refractivity contribution in [2.45, 2.75) is 13.8 Å². The van der Waals surface area contributed by atoms with Crippen LogP contribution in [0.15, 0.2) is 34.8 Å². The molecule has 2 rings (SSSR count). The Hall–Kier alpha value is -1.52. The van der Waals surface area contributed by atoms with Crippen LogP contribution in [-0.2, 0) is 0 Å². The standard InChI is InChI=1S/C15H13BrClNO2/c1-8-5-11(6-9(2)14(8)16)18-15(20)12-7-10(17)3-4-13(12)19/h3-7,19H,1-2H3,(H,18,20). The first-order valence-corrected chi connectivity index (χ1v) is 7.12. The molecule has 3 nitrogen and oxygen atoms in total. The summed E-state index contributed by atoms with van der Waals surface area (Å²) in [5.41, 5.74) is 2.87. The van der Waals surface area contributed by atoms with Gasteiger partial charge in [0.15, 0.2) is 0 Å². The highest BCUT2D eigenvalue weighted by molar-refractivity contribution is 9.10. The summed E-state index contributed by atoms with van der Waals surface area (Å²) >= 11 is 9.31. The topological polar surface area (TPSA) is 49.3 Å². The van der Waals surface area contributed by atoms with E-state index in [1.165, 1.54) is 18.2 Å². The lowest BCUT2D eigenvalue weighted by atomic mass is 10.1. The second kappa shape index (κ2) is 5.85. The monoisotopic (exact) mass is 353 g/mol. The van der Waals surface area contributed by atoms with Crippen molar-refractivity contribution < 1.29 is 9.90 Å². The van der Waals surface area contributed by atoms with Crippen LogP contribution >= 0.6 is 27.5 Å². The van der Waals surface area contributed by atoms with Gasteiger partial charge in [-0.1, -0.05) is 27.5 Å². The first-order chi connectivity index (χ1) is 9.38. The lowest BCUT2D eigenvalue weighted by molar-refractivity contribution is 0.102. The van der Waals surface area contributed by atoms with Gasteiger partial charge in [-0.25, -0.2) is 0 Å². The number of halogens is 2. The summed E-state index contributed by atoms with van der Waals surface area (Å²) in [6, 6.07) is 8.08. The maximum Gasteiger partial charge on any atom is 0.259 e. The van der Waals surface area contributed by atoms with E-state index in [4.69, 9.17) is 11.6 Å². The van der Waals surface area contributed by atoms with Crippen LogP contribution in [0.2, 0.25) is 5.02 Å². The summed E-state index contributed by atoms with van der Waals surface area (Å²) in [5, 5.41) is 12.9. The van der Waals surface area contributed by atoms with Crippen molar-refractivity contribution in [2.24, 2.45) is 0 Å². The number of anilines is 1. The average Bonchev–Trinajstić information content (AvgIpc) is 2.38. The Bertz CT molecular complexity index is 663. The number of rotatable bonds is 2. The van der Waals surface area contributed by atoms with Gasteiger partial charge in [-0.2, -0.15) is 0 Å². The molecule has 0 unspecified atom stereocenters. The normalized spacial score (nSPS) is 10.4. The summed E-state index contributed by atoms with van der Waals surface area (Å²) in [7, 11) is 0. The number of carbonyl (C=O) groups is 1. The van der Waals surface area contributed by atoms with Gasteiger partial charge in [0.1, 0.15) is 5.75 Å². The molecule has 2 N–H and O–H groups in total. The van der Waals surface area contributed by atoms with Crippen LogP contribution in [0, 0.1) is 13.8 Å². The zero-order chi connectivity index (χ0) is 14.9. The first kappa shape index (κ1) is 14.9. The van der Waals surface area contributed by atoms with E-state index in [0.29, 0.717) is 10.7 Å². The molecule has 0 atom stereocenters. The number of carbonyl (C=O) groups excluding carboxylic acids is 1. The number of phenols is 1. The predicted molar refractivity (Wildman–Crippen MR) is 84.7 cm³/mol. The number of phenolic OH excluding ortho intramolecular Hbond substituents is 1. The molecular formula is C15H13BrClNO2. The Morgan fingerprint density at radius 3 is 2.40 bits per heavy atom. The Labute approximate surface area is 130 Å². The number of nitrogens with one attached hydrogen (secondary N) is 1. The zero-order valence-corrected chi connectivity index (χ0v) is 13.3. The largest absolute Gasteiger partial charge is 0.507 e. The van der Waals surface area contributed by atoms with Gasteiger partial charge in [-0.15, -0.1) is 0 Å². The van der Waals surface area contributed by atoms with Crippen LogP contribution in [0.4, 0.5) is 5.69 Å². The summed E-state index contributed by atoms with van der Waals surface area (Å²) in [6.45, 7) is 3.90. The van der Waals surface area contributed by atoms with Crippen molar-refractivity contribution in [1.82, 2.24) is 0 Å². The molecule has 0 radical (unpaired) electrons. The molecule has 0 spiro atoms. The van der Waals surface area contributed by atoms with E-state index in [1.807, 2.05) is 26.0 Å². The quantitative estimate of drug-likeness (QED) is 0.823. The molecule has 104 valence electrons. The molecule has 20 heavy (non-hydrogen) atoms. The molecule has 0 aromatic heterocycles. The van der Waals surface area contributed by atoms with E-state index in [-0.39, 0.29) is 11.3 Å². The van der Waals surface area contributed by atoms with E-state index >= 15 is 0 Å². The van der Waals surface area contributed by atoms with Gasteiger partial charge in [0.05, 0.1) is 5.56 Å². The molecule has 0 aliphatic heterocycles. The van der Waals surface area contributed by atoms with Crippen molar-refractivity contribution in [3.8, 4) is 5.75 Å². The molecule has 0 fully saturated rings. The van der Waals surface area contributed by atoms with Gasteiger partial charge >= 0.3 is 0 Å². The third-order valence-corrected chi connectivity index (χ3v) is 4.38. The van der Waals surface area contributed by atoms with E-state index in [0.717, 1.165) is 15.6 Å². The van der Waals surface area contributed by atoms with Crippen LogP contribution in [-0.4, -0.2) is 11.0 Å². The number of hydrogen-bond donors (Lipinski definition) is 2. The van der Waals surface area contributed by atoms with Gasteiger partial charge in [-0.05, 0) is 55.3 Å². The van der Waals surface area contributed by atoms with Crippen LogP contribution in [0.3, 0.4) is 0 Å². The molecular weight excluding hydrogens is 342 g/mol. The van der Waals surface area contributed by atoms with Gasteiger partial charge in [0.2, 0.25) is 0 Å². The predicted octanol–water partition coefficient (Wildman–Crippen LogP) is 4.68. The van der Waals surface area contributed by atoms with Gasteiger partial charge in [-0.3, -0.25) is 4.79 Å².